The van der Waals surface area contributed by atoms with Crippen LogP contribution in [0.4, 0.5) is 5.13 Å². The van der Waals surface area contributed by atoms with E-state index < -0.39 is 0 Å². The SMILES string of the molecule is Cc1cnc(NC(=O)c2ccccc2-c2nc(C(C)C)no2)s1. The lowest BCUT2D eigenvalue weighted by molar-refractivity contribution is 0.102. The maximum Gasteiger partial charge on any atom is 0.258 e. The molecule has 1 N–H and O–H groups in total. The maximum atomic E-state index is 12.5. The molecular weight excluding hydrogens is 312 g/mol. The summed E-state index contributed by atoms with van der Waals surface area (Å²) in [5, 5.41) is 7.31. The fraction of sp³-hybridized carbons (Fsp3) is 0.250. The number of carbonyl (C=O) groups excluding carboxylic acids is 1. The van der Waals surface area contributed by atoms with Crippen molar-refractivity contribution in [3.63, 3.8) is 0 Å². The molecule has 3 aromatic rings. The third kappa shape index (κ3) is 3.29. The molecule has 0 radical (unpaired) electrons. The van der Waals surface area contributed by atoms with Gasteiger partial charge in [-0.3, -0.25) is 10.1 Å². The highest BCUT2D eigenvalue weighted by molar-refractivity contribution is 7.15. The van der Waals surface area contributed by atoms with Crippen molar-refractivity contribution in [3.05, 3.63) is 46.7 Å². The first-order chi connectivity index (χ1) is 11.0. The lowest BCUT2D eigenvalue weighted by atomic mass is 10.1. The van der Waals surface area contributed by atoms with Crippen molar-refractivity contribution < 1.29 is 9.32 Å². The quantitative estimate of drug-likeness (QED) is 0.786. The first-order valence-corrected chi connectivity index (χ1v) is 8.03. The summed E-state index contributed by atoms with van der Waals surface area (Å²) < 4.78 is 5.30. The van der Waals surface area contributed by atoms with Gasteiger partial charge in [-0.05, 0) is 19.1 Å². The molecule has 0 bridgehead atoms. The molecule has 23 heavy (non-hydrogen) atoms. The van der Waals surface area contributed by atoms with Gasteiger partial charge in [0, 0.05) is 17.0 Å². The molecule has 7 heteroatoms. The van der Waals surface area contributed by atoms with Gasteiger partial charge in [0.2, 0.25) is 0 Å². The first-order valence-electron chi connectivity index (χ1n) is 7.21. The molecule has 0 saturated carbocycles. The number of carbonyl (C=O) groups is 1. The van der Waals surface area contributed by atoms with Crippen molar-refractivity contribution >= 4 is 22.4 Å². The highest BCUT2D eigenvalue weighted by Gasteiger charge is 2.19. The molecule has 0 aliphatic rings. The lowest BCUT2D eigenvalue weighted by Crippen LogP contribution is -2.12. The Labute approximate surface area is 137 Å². The van der Waals surface area contributed by atoms with Crippen molar-refractivity contribution in [1.29, 1.82) is 0 Å². The highest BCUT2D eigenvalue weighted by Crippen LogP contribution is 2.25. The first kappa shape index (κ1) is 15.4. The molecule has 0 spiro atoms. The van der Waals surface area contributed by atoms with E-state index in [-0.39, 0.29) is 11.8 Å². The number of hydrogen-bond acceptors (Lipinski definition) is 6. The summed E-state index contributed by atoms with van der Waals surface area (Å²) in [5.41, 5.74) is 1.08. The molecule has 3 rings (SSSR count). The number of nitrogens with one attached hydrogen (secondary N) is 1. The number of amides is 1. The summed E-state index contributed by atoms with van der Waals surface area (Å²) in [7, 11) is 0. The molecular formula is C16H16N4O2S. The molecule has 2 heterocycles. The topological polar surface area (TPSA) is 80.9 Å². The maximum absolute atomic E-state index is 12.5. The van der Waals surface area contributed by atoms with Gasteiger partial charge in [-0.1, -0.05) is 31.1 Å². The Morgan fingerprint density at radius 2 is 2.09 bits per heavy atom. The van der Waals surface area contributed by atoms with E-state index in [2.05, 4.69) is 20.4 Å². The Kier molecular flexibility index (Phi) is 4.20. The minimum absolute atomic E-state index is 0.159. The Bertz CT molecular complexity index is 838. The van der Waals surface area contributed by atoms with Crippen LogP contribution in [0.25, 0.3) is 11.5 Å². The van der Waals surface area contributed by atoms with Crippen LogP contribution >= 0.6 is 11.3 Å². The third-order valence-corrected chi connectivity index (χ3v) is 4.03. The lowest BCUT2D eigenvalue weighted by Gasteiger charge is -2.05. The summed E-state index contributed by atoms with van der Waals surface area (Å²) in [6, 6.07) is 7.15. The summed E-state index contributed by atoms with van der Waals surface area (Å²) in [5.74, 6) is 0.867. The predicted octanol–water partition coefficient (Wildman–Crippen LogP) is 3.88. The molecule has 2 aromatic heterocycles. The summed E-state index contributed by atoms with van der Waals surface area (Å²) in [6.07, 6.45) is 1.72. The number of aromatic nitrogens is 3. The zero-order valence-corrected chi connectivity index (χ0v) is 13.8. The molecule has 0 aliphatic carbocycles. The van der Waals surface area contributed by atoms with Crippen molar-refractivity contribution in [2.24, 2.45) is 0 Å². The van der Waals surface area contributed by atoms with Crippen LogP contribution in [0.3, 0.4) is 0 Å². The second-order valence-electron chi connectivity index (χ2n) is 5.39. The van der Waals surface area contributed by atoms with E-state index in [0.29, 0.717) is 28.0 Å². The van der Waals surface area contributed by atoms with Crippen molar-refractivity contribution in [2.75, 3.05) is 5.32 Å². The molecule has 1 aromatic carbocycles. The molecule has 6 nitrogen and oxygen atoms in total. The van der Waals surface area contributed by atoms with Crippen LogP contribution in [-0.2, 0) is 0 Å². The monoisotopic (exact) mass is 328 g/mol. The Balaban J connectivity index is 1.92. The number of hydrogen-bond donors (Lipinski definition) is 1. The van der Waals surface area contributed by atoms with E-state index in [4.69, 9.17) is 4.52 Å². The Hall–Kier alpha value is -2.54. The molecule has 0 unspecified atom stereocenters. The average Bonchev–Trinajstić information content (AvgIpc) is 3.16. The Morgan fingerprint density at radius 3 is 2.74 bits per heavy atom. The normalized spacial score (nSPS) is 11.0. The van der Waals surface area contributed by atoms with E-state index >= 15 is 0 Å². The van der Waals surface area contributed by atoms with Gasteiger partial charge in [-0.25, -0.2) is 4.98 Å². The third-order valence-electron chi connectivity index (χ3n) is 3.20. The van der Waals surface area contributed by atoms with Gasteiger partial charge < -0.3 is 4.52 Å². The van der Waals surface area contributed by atoms with Crippen LogP contribution in [0.5, 0.6) is 0 Å². The fourth-order valence-electron chi connectivity index (χ4n) is 2.02. The zero-order valence-electron chi connectivity index (χ0n) is 13.0. The summed E-state index contributed by atoms with van der Waals surface area (Å²) >= 11 is 1.43. The van der Waals surface area contributed by atoms with E-state index in [1.165, 1.54) is 11.3 Å². The van der Waals surface area contributed by atoms with Crippen molar-refractivity contribution in [3.8, 4) is 11.5 Å². The minimum atomic E-state index is -0.251. The predicted molar refractivity (Wildman–Crippen MR) is 88.6 cm³/mol. The van der Waals surface area contributed by atoms with Gasteiger partial charge in [0.15, 0.2) is 11.0 Å². The van der Waals surface area contributed by atoms with Crippen LogP contribution in [0.1, 0.15) is 40.8 Å². The molecule has 0 fully saturated rings. The van der Waals surface area contributed by atoms with Gasteiger partial charge >= 0.3 is 0 Å². The number of nitrogens with zero attached hydrogens (tertiary/aromatic N) is 3. The van der Waals surface area contributed by atoms with Gasteiger partial charge in [0.25, 0.3) is 11.8 Å². The van der Waals surface area contributed by atoms with Gasteiger partial charge in [0.05, 0.1) is 11.1 Å². The Morgan fingerprint density at radius 1 is 1.30 bits per heavy atom. The molecule has 0 saturated heterocycles. The van der Waals surface area contributed by atoms with Gasteiger partial charge in [0.1, 0.15) is 0 Å². The second kappa shape index (κ2) is 6.29. The summed E-state index contributed by atoms with van der Waals surface area (Å²) in [4.78, 5) is 22.1. The zero-order chi connectivity index (χ0) is 16.4. The average molecular weight is 328 g/mol. The van der Waals surface area contributed by atoms with Crippen molar-refractivity contribution in [2.45, 2.75) is 26.7 Å². The highest BCUT2D eigenvalue weighted by atomic mass is 32.1. The van der Waals surface area contributed by atoms with Crippen LogP contribution in [0.2, 0.25) is 0 Å². The van der Waals surface area contributed by atoms with Gasteiger partial charge in [-0.15, -0.1) is 11.3 Å². The molecule has 0 aliphatic heterocycles. The van der Waals surface area contributed by atoms with Gasteiger partial charge in [-0.2, -0.15) is 4.98 Å². The number of anilines is 1. The second-order valence-corrected chi connectivity index (χ2v) is 6.62. The largest absolute Gasteiger partial charge is 0.334 e. The number of rotatable bonds is 4. The standard InChI is InChI=1S/C16H16N4O2S/c1-9(2)13-18-15(22-20-13)12-7-5-4-6-11(12)14(21)19-16-17-8-10(3)23-16/h4-9H,1-3H3,(H,17,19,21). The summed E-state index contributed by atoms with van der Waals surface area (Å²) in [6.45, 7) is 5.91. The van der Waals surface area contributed by atoms with E-state index in [9.17, 15) is 4.79 Å². The number of benzene rings is 1. The fourth-order valence-corrected chi connectivity index (χ4v) is 2.68. The smallest absolute Gasteiger partial charge is 0.258 e. The number of aryl methyl sites for hydroxylation is 1. The molecule has 118 valence electrons. The van der Waals surface area contributed by atoms with E-state index in [0.717, 1.165) is 4.88 Å². The van der Waals surface area contributed by atoms with E-state index in [1.807, 2.05) is 26.8 Å². The molecule has 1 amide bonds. The van der Waals surface area contributed by atoms with Crippen LogP contribution < -0.4 is 5.32 Å². The van der Waals surface area contributed by atoms with Crippen LogP contribution in [0, 0.1) is 6.92 Å². The van der Waals surface area contributed by atoms with Crippen molar-refractivity contribution in [1.82, 2.24) is 15.1 Å². The van der Waals surface area contributed by atoms with Crippen LogP contribution in [0.15, 0.2) is 35.0 Å². The molecule has 0 atom stereocenters. The minimum Gasteiger partial charge on any atom is -0.334 e. The van der Waals surface area contributed by atoms with E-state index in [1.54, 1.807) is 24.4 Å². The van der Waals surface area contributed by atoms with Crippen LogP contribution in [-0.4, -0.2) is 21.0 Å². The number of thiazole rings is 1.